The first-order valence-electron chi connectivity index (χ1n) is 8.75. The minimum Gasteiger partial charge on any atom is -0.496 e. The third kappa shape index (κ3) is 5.30. The molecule has 0 heterocycles. The molecule has 0 radical (unpaired) electrons. The van der Waals surface area contributed by atoms with Crippen LogP contribution < -0.4 is 10.1 Å². The highest BCUT2D eigenvalue weighted by Gasteiger charge is 2.25. The largest absolute Gasteiger partial charge is 0.496 e. The molecule has 0 fully saturated rings. The van der Waals surface area contributed by atoms with Crippen LogP contribution in [0.3, 0.4) is 0 Å². The van der Waals surface area contributed by atoms with E-state index >= 15 is 0 Å². The highest BCUT2D eigenvalue weighted by Crippen LogP contribution is 2.23. The number of likely N-dealkylation sites (N-methyl/N-ethyl adjacent to an activating group) is 1. The van der Waals surface area contributed by atoms with Gasteiger partial charge in [-0.15, -0.1) is 0 Å². The van der Waals surface area contributed by atoms with Gasteiger partial charge in [0.2, 0.25) is 15.9 Å². The lowest BCUT2D eigenvalue weighted by Gasteiger charge is -2.20. The van der Waals surface area contributed by atoms with E-state index in [0.29, 0.717) is 12.3 Å². The molecule has 7 heteroatoms. The molecule has 0 saturated carbocycles. The van der Waals surface area contributed by atoms with Gasteiger partial charge in [-0.1, -0.05) is 36.8 Å². The van der Waals surface area contributed by atoms with Gasteiger partial charge in [-0.05, 0) is 43.2 Å². The zero-order chi connectivity index (χ0) is 20.0. The molecule has 0 aliphatic rings. The molecule has 0 bridgehead atoms. The summed E-state index contributed by atoms with van der Waals surface area (Å²) in [5, 5.41) is 2.77. The topological polar surface area (TPSA) is 75.7 Å². The molecule has 6 nitrogen and oxygen atoms in total. The molecule has 146 valence electrons. The molecule has 0 aliphatic carbocycles. The molecule has 2 rings (SSSR count). The summed E-state index contributed by atoms with van der Waals surface area (Å²) in [6, 6.07) is 12.5. The van der Waals surface area contributed by atoms with Crippen molar-refractivity contribution in [3.63, 3.8) is 0 Å². The van der Waals surface area contributed by atoms with E-state index in [2.05, 4.69) is 5.32 Å². The number of aryl methyl sites for hydroxylation is 2. The van der Waals surface area contributed by atoms with E-state index in [0.717, 1.165) is 16.7 Å². The Morgan fingerprint density at radius 1 is 1.11 bits per heavy atom. The number of hydrogen-bond acceptors (Lipinski definition) is 4. The van der Waals surface area contributed by atoms with Crippen LogP contribution in [0, 0.1) is 13.8 Å². The van der Waals surface area contributed by atoms with Crippen molar-refractivity contribution in [3.05, 3.63) is 59.2 Å². The second kappa shape index (κ2) is 9.01. The number of benzene rings is 2. The molecule has 0 aliphatic heterocycles. The first kappa shape index (κ1) is 20.9. The summed E-state index contributed by atoms with van der Waals surface area (Å²) in [5.74, 6) is 0.277. The van der Waals surface area contributed by atoms with Crippen LogP contribution in [-0.2, 0) is 21.4 Å². The molecule has 0 saturated heterocycles. The smallest absolute Gasteiger partial charge is 0.243 e. The first-order chi connectivity index (χ1) is 12.8. The Balaban J connectivity index is 2.07. The second-order valence-corrected chi connectivity index (χ2v) is 8.26. The van der Waals surface area contributed by atoms with E-state index in [9.17, 15) is 13.2 Å². The number of ether oxygens (including phenoxy) is 1. The number of rotatable bonds is 8. The fraction of sp³-hybridized carbons (Fsp3) is 0.350. The summed E-state index contributed by atoms with van der Waals surface area (Å²) in [4.78, 5) is 12.4. The summed E-state index contributed by atoms with van der Waals surface area (Å²) >= 11 is 0. The van der Waals surface area contributed by atoms with Gasteiger partial charge in [0.15, 0.2) is 0 Å². The maximum absolute atomic E-state index is 12.9. The van der Waals surface area contributed by atoms with E-state index in [1.54, 1.807) is 26.0 Å². The van der Waals surface area contributed by atoms with Gasteiger partial charge in [0.05, 0.1) is 18.6 Å². The van der Waals surface area contributed by atoms with Crippen LogP contribution in [0.2, 0.25) is 0 Å². The standard InChI is InChI=1S/C20H26N2O4S/c1-5-22(14-20(23)21-13-17-8-6-15(2)7-9-17)27(24,25)18-10-11-19(26-4)16(3)12-18/h6-12H,5,13-14H2,1-4H3,(H,21,23). The maximum atomic E-state index is 12.9. The summed E-state index contributed by atoms with van der Waals surface area (Å²) in [5.41, 5.74) is 2.83. The number of sulfonamides is 1. The lowest BCUT2D eigenvalue weighted by molar-refractivity contribution is -0.121. The highest BCUT2D eigenvalue weighted by molar-refractivity contribution is 7.89. The summed E-state index contributed by atoms with van der Waals surface area (Å²) in [6.07, 6.45) is 0. The molecular formula is C20H26N2O4S. The van der Waals surface area contributed by atoms with Gasteiger partial charge >= 0.3 is 0 Å². The third-order valence-corrected chi connectivity index (χ3v) is 6.20. The molecule has 2 aromatic carbocycles. The predicted octanol–water partition coefficient (Wildman–Crippen LogP) is 2.64. The van der Waals surface area contributed by atoms with Crippen molar-refractivity contribution >= 4 is 15.9 Å². The van der Waals surface area contributed by atoms with Gasteiger partial charge in [-0.2, -0.15) is 4.31 Å². The molecule has 0 atom stereocenters. The van der Waals surface area contributed by atoms with E-state index in [-0.39, 0.29) is 23.9 Å². The Morgan fingerprint density at radius 3 is 2.33 bits per heavy atom. The Hall–Kier alpha value is -2.38. The van der Waals surface area contributed by atoms with Gasteiger partial charge in [0.1, 0.15) is 5.75 Å². The molecule has 0 spiro atoms. The summed E-state index contributed by atoms with van der Waals surface area (Å²) in [6.45, 7) is 5.82. The number of nitrogens with zero attached hydrogens (tertiary/aromatic N) is 1. The van der Waals surface area contributed by atoms with Crippen LogP contribution >= 0.6 is 0 Å². The third-order valence-electron chi connectivity index (χ3n) is 4.29. The van der Waals surface area contributed by atoms with Crippen molar-refractivity contribution in [2.45, 2.75) is 32.2 Å². The fourth-order valence-corrected chi connectivity index (χ4v) is 4.14. The monoisotopic (exact) mass is 390 g/mol. The Kier molecular flexibility index (Phi) is 6.98. The molecule has 0 aromatic heterocycles. The minimum absolute atomic E-state index is 0.147. The van der Waals surface area contributed by atoms with E-state index < -0.39 is 10.0 Å². The van der Waals surface area contributed by atoms with Crippen LogP contribution in [0.1, 0.15) is 23.6 Å². The fourth-order valence-electron chi connectivity index (χ4n) is 2.65. The van der Waals surface area contributed by atoms with Crippen molar-refractivity contribution in [3.8, 4) is 5.75 Å². The summed E-state index contributed by atoms with van der Waals surface area (Å²) in [7, 11) is -2.23. The van der Waals surface area contributed by atoms with Gasteiger partial charge in [-0.25, -0.2) is 8.42 Å². The van der Waals surface area contributed by atoms with Gasteiger partial charge < -0.3 is 10.1 Å². The summed E-state index contributed by atoms with van der Waals surface area (Å²) < 4.78 is 32.1. The Morgan fingerprint density at radius 2 is 1.78 bits per heavy atom. The van der Waals surface area contributed by atoms with Crippen molar-refractivity contribution in [2.24, 2.45) is 0 Å². The zero-order valence-electron chi connectivity index (χ0n) is 16.2. The van der Waals surface area contributed by atoms with Crippen LogP contribution in [0.4, 0.5) is 0 Å². The minimum atomic E-state index is -3.77. The predicted molar refractivity (Wildman–Crippen MR) is 105 cm³/mol. The van der Waals surface area contributed by atoms with Crippen molar-refractivity contribution in [1.82, 2.24) is 9.62 Å². The molecule has 1 amide bonds. The molecular weight excluding hydrogens is 364 g/mol. The second-order valence-electron chi connectivity index (χ2n) is 6.32. The van der Waals surface area contributed by atoms with Crippen molar-refractivity contribution in [1.29, 1.82) is 0 Å². The Labute approximate surface area is 161 Å². The Bertz CT molecular complexity index is 893. The number of hydrogen-bond donors (Lipinski definition) is 1. The number of amides is 1. The first-order valence-corrected chi connectivity index (χ1v) is 10.2. The van der Waals surface area contributed by atoms with Crippen LogP contribution in [0.15, 0.2) is 47.4 Å². The average molecular weight is 391 g/mol. The average Bonchev–Trinajstić information content (AvgIpc) is 2.65. The number of methoxy groups -OCH3 is 1. The van der Waals surface area contributed by atoms with Crippen molar-refractivity contribution in [2.75, 3.05) is 20.2 Å². The van der Waals surface area contributed by atoms with Gasteiger partial charge in [0, 0.05) is 13.1 Å². The molecule has 2 aromatic rings. The molecule has 1 N–H and O–H groups in total. The molecule has 0 unspecified atom stereocenters. The lowest BCUT2D eigenvalue weighted by atomic mass is 10.1. The SMILES string of the molecule is CCN(CC(=O)NCc1ccc(C)cc1)S(=O)(=O)c1ccc(OC)c(C)c1. The number of carbonyl (C=O) groups is 1. The van der Waals surface area contributed by atoms with Gasteiger partial charge in [0.25, 0.3) is 0 Å². The molecule has 27 heavy (non-hydrogen) atoms. The lowest BCUT2D eigenvalue weighted by Crippen LogP contribution is -2.40. The van der Waals surface area contributed by atoms with E-state index in [1.165, 1.54) is 17.5 Å². The quantitative estimate of drug-likeness (QED) is 0.752. The van der Waals surface area contributed by atoms with Crippen LogP contribution in [0.5, 0.6) is 5.75 Å². The number of carbonyl (C=O) groups excluding carboxylic acids is 1. The van der Waals surface area contributed by atoms with Crippen LogP contribution in [-0.4, -0.2) is 38.8 Å². The maximum Gasteiger partial charge on any atom is 0.243 e. The normalized spacial score (nSPS) is 11.4. The van der Waals surface area contributed by atoms with E-state index in [4.69, 9.17) is 4.74 Å². The highest BCUT2D eigenvalue weighted by atomic mass is 32.2. The van der Waals surface area contributed by atoms with E-state index in [1.807, 2.05) is 31.2 Å². The van der Waals surface area contributed by atoms with Gasteiger partial charge in [-0.3, -0.25) is 4.79 Å². The van der Waals surface area contributed by atoms with Crippen molar-refractivity contribution < 1.29 is 17.9 Å². The zero-order valence-corrected chi connectivity index (χ0v) is 17.0. The number of nitrogens with one attached hydrogen (secondary N) is 1. The van der Waals surface area contributed by atoms with Crippen LogP contribution in [0.25, 0.3) is 0 Å².